The first-order valence-corrected chi connectivity index (χ1v) is 21.7. The summed E-state index contributed by atoms with van der Waals surface area (Å²) in [5.74, 6) is -3.39. The first kappa shape index (κ1) is 50.3. The number of aryl methyl sites for hydroxylation is 2. The molecule has 0 heterocycles. The fourth-order valence-electron chi connectivity index (χ4n) is 6.12. The SMILES string of the molecule is COc1cc(NC(=O)C(N=Nc2ccc(Cl)c(C(=O)Nc3cccc(CCCl)c3)c2)C(C)=O)cc(OC)c1NC(=O)C(N=Nc1ccc(Cl)c(C(=O)Nc2cccc(CCCl)c2)c1)C(C)=O. The summed E-state index contributed by atoms with van der Waals surface area (Å²) in [6.07, 6.45) is 1.22. The number of hydrogen-bond donors (Lipinski definition) is 4. The van der Waals surface area contributed by atoms with Crippen molar-refractivity contribution in [3.63, 3.8) is 0 Å². The minimum Gasteiger partial charge on any atom is -0.494 e. The predicted molar refractivity (Wildman–Crippen MR) is 255 cm³/mol. The van der Waals surface area contributed by atoms with Crippen LogP contribution in [0.2, 0.25) is 10.0 Å². The molecular formula is C46H42Cl4N8O8. The van der Waals surface area contributed by atoms with Crippen molar-refractivity contribution < 1.29 is 38.2 Å². The number of methoxy groups -OCH3 is 2. The van der Waals surface area contributed by atoms with E-state index in [1.54, 1.807) is 36.4 Å². The second-order valence-corrected chi connectivity index (χ2v) is 15.8. The molecule has 0 radical (unpaired) electrons. The van der Waals surface area contributed by atoms with E-state index in [-0.39, 0.29) is 55.4 Å². The number of Topliss-reactive ketones (excluding diaryl/α,β-unsaturated/α-hetero) is 2. The van der Waals surface area contributed by atoms with E-state index in [9.17, 15) is 28.8 Å². The van der Waals surface area contributed by atoms with Crippen molar-refractivity contribution in [2.24, 2.45) is 20.5 Å². The highest BCUT2D eigenvalue weighted by atomic mass is 35.5. The zero-order valence-corrected chi connectivity index (χ0v) is 38.8. The van der Waals surface area contributed by atoms with Gasteiger partial charge in [-0.1, -0.05) is 47.5 Å². The molecule has 0 spiro atoms. The van der Waals surface area contributed by atoms with Crippen LogP contribution in [-0.2, 0) is 32.0 Å². The number of benzene rings is 5. The van der Waals surface area contributed by atoms with E-state index >= 15 is 0 Å². The molecule has 342 valence electrons. The average Bonchev–Trinajstić information content (AvgIpc) is 3.28. The molecule has 2 unspecified atom stereocenters. The second kappa shape index (κ2) is 24.0. The topological polar surface area (TPSA) is 218 Å². The summed E-state index contributed by atoms with van der Waals surface area (Å²) in [6.45, 7) is 2.30. The number of nitrogens with one attached hydrogen (secondary N) is 4. The highest BCUT2D eigenvalue weighted by Gasteiger charge is 2.28. The average molecular weight is 977 g/mol. The van der Waals surface area contributed by atoms with Crippen molar-refractivity contribution in [1.82, 2.24) is 0 Å². The number of carbonyl (C=O) groups excluding carboxylic acids is 6. The Morgan fingerprint density at radius 3 is 1.36 bits per heavy atom. The van der Waals surface area contributed by atoms with Crippen LogP contribution in [0.5, 0.6) is 11.5 Å². The van der Waals surface area contributed by atoms with Gasteiger partial charge >= 0.3 is 0 Å². The predicted octanol–water partition coefficient (Wildman–Crippen LogP) is 10.4. The zero-order chi connectivity index (χ0) is 47.9. The van der Waals surface area contributed by atoms with Crippen LogP contribution in [0.3, 0.4) is 0 Å². The largest absolute Gasteiger partial charge is 0.494 e. The summed E-state index contributed by atoms with van der Waals surface area (Å²) < 4.78 is 11.0. The van der Waals surface area contributed by atoms with Gasteiger partial charge in [0.1, 0.15) is 17.2 Å². The van der Waals surface area contributed by atoms with Crippen LogP contribution in [0.1, 0.15) is 45.7 Å². The quantitative estimate of drug-likeness (QED) is 0.0333. The smallest absolute Gasteiger partial charge is 0.259 e. The Balaban J connectivity index is 1.29. The fraction of sp³-hybridized carbons (Fsp3) is 0.217. The zero-order valence-electron chi connectivity index (χ0n) is 35.8. The molecule has 5 aromatic rings. The highest BCUT2D eigenvalue weighted by molar-refractivity contribution is 6.35. The van der Waals surface area contributed by atoms with Crippen molar-refractivity contribution in [2.75, 3.05) is 47.2 Å². The Morgan fingerprint density at radius 1 is 0.545 bits per heavy atom. The molecule has 20 heteroatoms. The third-order valence-electron chi connectivity index (χ3n) is 9.39. The summed E-state index contributed by atoms with van der Waals surface area (Å²) in [5.41, 5.74) is 3.35. The maximum Gasteiger partial charge on any atom is 0.259 e. The number of alkyl halides is 2. The highest BCUT2D eigenvalue weighted by Crippen LogP contribution is 2.38. The van der Waals surface area contributed by atoms with Crippen molar-refractivity contribution in [2.45, 2.75) is 38.8 Å². The maximum absolute atomic E-state index is 13.6. The van der Waals surface area contributed by atoms with Crippen LogP contribution >= 0.6 is 46.4 Å². The van der Waals surface area contributed by atoms with Gasteiger partial charge in [0.25, 0.3) is 23.6 Å². The van der Waals surface area contributed by atoms with Gasteiger partial charge in [0.15, 0.2) is 11.6 Å². The van der Waals surface area contributed by atoms with Crippen LogP contribution < -0.4 is 30.7 Å². The number of amides is 4. The molecule has 0 saturated carbocycles. The van der Waals surface area contributed by atoms with E-state index in [4.69, 9.17) is 55.9 Å². The normalized spacial score (nSPS) is 12.0. The molecule has 2 atom stereocenters. The van der Waals surface area contributed by atoms with Crippen molar-refractivity contribution in [1.29, 1.82) is 0 Å². The van der Waals surface area contributed by atoms with Gasteiger partial charge in [-0.25, -0.2) is 0 Å². The van der Waals surface area contributed by atoms with Crippen molar-refractivity contribution in [3.05, 3.63) is 129 Å². The van der Waals surface area contributed by atoms with Crippen molar-refractivity contribution >= 4 is 116 Å². The van der Waals surface area contributed by atoms with Crippen LogP contribution in [0.4, 0.5) is 34.1 Å². The molecule has 16 nitrogen and oxygen atoms in total. The summed E-state index contributed by atoms with van der Waals surface area (Å²) in [7, 11) is 2.57. The van der Waals surface area contributed by atoms with Crippen LogP contribution in [-0.4, -0.2) is 73.3 Å². The number of halogens is 4. The molecular weight excluding hydrogens is 934 g/mol. The van der Waals surface area contributed by atoms with Gasteiger partial charge in [-0.3, -0.25) is 28.8 Å². The Hall–Kier alpha value is -6.72. The van der Waals surface area contributed by atoms with Crippen LogP contribution in [0.25, 0.3) is 0 Å². The lowest BCUT2D eigenvalue weighted by Gasteiger charge is -2.18. The lowest BCUT2D eigenvalue weighted by Crippen LogP contribution is -2.32. The minimum absolute atomic E-state index is 0.0162. The van der Waals surface area contributed by atoms with E-state index < -0.39 is 47.3 Å². The van der Waals surface area contributed by atoms with Gasteiger partial charge < -0.3 is 30.7 Å². The lowest BCUT2D eigenvalue weighted by molar-refractivity contribution is -0.127. The third-order valence-corrected chi connectivity index (χ3v) is 10.4. The maximum atomic E-state index is 13.6. The summed E-state index contributed by atoms with van der Waals surface area (Å²) in [4.78, 5) is 78.7. The van der Waals surface area contributed by atoms with Gasteiger partial charge in [-0.15, -0.1) is 23.2 Å². The van der Waals surface area contributed by atoms with Gasteiger partial charge in [-0.05, 0) is 98.5 Å². The van der Waals surface area contributed by atoms with E-state index in [0.29, 0.717) is 36.0 Å². The first-order valence-electron chi connectivity index (χ1n) is 19.9. The molecule has 4 amide bonds. The Bertz CT molecular complexity index is 2690. The molecule has 0 aliphatic rings. The summed E-state index contributed by atoms with van der Waals surface area (Å²) >= 11 is 24.4. The summed E-state index contributed by atoms with van der Waals surface area (Å²) in [6, 6.07) is 22.2. The molecule has 0 fully saturated rings. The van der Waals surface area contributed by atoms with E-state index in [2.05, 4.69) is 41.7 Å². The fourth-order valence-corrected chi connectivity index (χ4v) is 6.96. The van der Waals surface area contributed by atoms with E-state index in [1.165, 1.54) is 62.8 Å². The number of ether oxygens (including phenoxy) is 2. The number of nitrogens with zero attached hydrogens (tertiary/aromatic N) is 4. The lowest BCUT2D eigenvalue weighted by atomic mass is 10.1. The number of rotatable bonds is 20. The standard InChI is InChI=1S/C46H42Cl4N8O8/c1-25(59)40(57-55-31-11-13-36(49)34(21-31)43(61)51-29-9-5-7-27(19-29)15-17-47)45(63)53-33-23-38(65-3)42(39(24-33)66-4)54-46(64)41(26(2)60)58-56-32-12-14-37(50)35(22-32)44(62)52-30-10-6-8-28(20-30)16-18-48/h5-14,19-24,40-41H,15-18H2,1-4H3,(H,51,61)(H,52,62)(H,53,63)(H,54,64). The minimum atomic E-state index is -1.66. The molecule has 0 saturated heterocycles. The number of azo groups is 2. The summed E-state index contributed by atoms with van der Waals surface area (Å²) in [5, 5.41) is 27.0. The molecule has 4 N–H and O–H groups in total. The first-order chi connectivity index (χ1) is 31.6. The van der Waals surface area contributed by atoms with Gasteiger partial charge in [-0.2, -0.15) is 20.5 Å². The molecule has 0 aromatic heterocycles. The number of ketones is 2. The third kappa shape index (κ3) is 13.7. The Morgan fingerprint density at radius 2 is 0.970 bits per heavy atom. The molecule has 0 aliphatic carbocycles. The number of hydrogen-bond acceptors (Lipinski definition) is 12. The Labute approximate surface area is 399 Å². The Kier molecular flexibility index (Phi) is 18.3. The molecule has 5 rings (SSSR count). The number of anilines is 4. The van der Waals surface area contributed by atoms with Gasteiger partial charge in [0.05, 0.1) is 46.8 Å². The second-order valence-electron chi connectivity index (χ2n) is 14.2. The van der Waals surface area contributed by atoms with Crippen LogP contribution in [0, 0.1) is 0 Å². The van der Waals surface area contributed by atoms with E-state index in [0.717, 1.165) is 25.0 Å². The van der Waals surface area contributed by atoms with Gasteiger partial charge in [0, 0.05) is 41.0 Å². The monoisotopic (exact) mass is 974 g/mol. The van der Waals surface area contributed by atoms with Gasteiger partial charge in [0.2, 0.25) is 12.1 Å². The molecule has 0 bridgehead atoms. The molecule has 0 aliphatic heterocycles. The molecule has 66 heavy (non-hydrogen) atoms. The van der Waals surface area contributed by atoms with Crippen molar-refractivity contribution in [3.8, 4) is 11.5 Å². The van der Waals surface area contributed by atoms with Crippen LogP contribution in [0.15, 0.2) is 118 Å². The molecule has 5 aromatic carbocycles. The number of carbonyl (C=O) groups is 6. The van der Waals surface area contributed by atoms with E-state index in [1.807, 2.05) is 12.1 Å².